The standard InChI is InChI=1S/C11H11BrClN3O2S/c1-5-2-6(12)8(3-7(5)13)16-11(18)10(17)15-4-9(14)19/h2-3H,4H2,1H3,(H2,14,19)(H,15,17)(H,16,18). The lowest BCUT2D eigenvalue weighted by Gasteiger charge is -2.09. The molecule has 5 nitrogen and oxygen atoms in total. The Balaban J connectivity index is 2.74. The molecule has 4 N–H and O–H groups in total. The lowest BCUT2D eigenvalue weighted by Crippen LogP contribution is -2.39. The van der Waals surface area contributed by atoms with E-state index in [1.54, 1.807) is 12.1 Å². The van der Waals surface area contributed by atoms with Crippen molar-refractivity contribution in [1.29, 1.82) is 0 Å². The summed E-state index contributed by atoms with van der Waals surface area (Å²) < 4.78 is 0.630. The van der Waals surface area contributed by atoms with Crippen molar-refractivity contribution in [3.8, 4) is 0 Å². The highest BCUT2D eigenvalue weighted by molar-refractivity contribution is 9.10. The van der Waals surface area contributed by atoms with E-state index in [1.165, 1.54) is 0 Å². The van der Waals surface area contributed by atoms with Crippen LogP contribution in [0.1, 0.15) is 5.56 Å². The minimum absolute atomic E-state index is 0.0303. The molecule has 0 fully saturated rings. The molecule has 0 saturated carbocycles. The predicted octanol–water partition coefficient (Wildman–Crippen LogP) is 1.75. The molecule has 0 saturated heterocycles. The van der Waals surface area contributed by atoms with E-state index in [-0.39, 0.29) is 11.5 Å². The molecule has 1 aromatic rings. The molecule has 0 radical (unpaired) electrons. The minimum atomic E-state index is -0.823. The van der Waals surface area contributed by atoms with Crippen LogP contribution in [0, 0.1) is 6.92 Å². The average molecular weight is 365 g/mol. The van der Waals surface area contributed by atoms with Gasteiger partial charge in [0, 0.05) is 9.50 Å². The molecule has 0 aliphatic rings. The summed E-state index contributed by atoms with van der Waals surface area (Å²) in [5, 5.41) is 5.21. The van der Waals surface area contributed by atoms with E-state index in [0.29, 0.717) is 15.2 Å². The van der Waals surface area contributed by atoms with Crippen LogP contribution in [0.5, 0.6) is 0 Å². The number of carbonyl (C=O) groups excluding carboxylic acids is 2. The second-order valence-electron chi connectivity index (χ2n) is 3.68. The number of nitrogens with two attached hydrogens (primary N) is 1. The second kappa shape index (κ2) is 6.83. The van der Waals surface area contributed by atoms with E-state index in [2.05, 4.69) is 38.8 Å². The van der Waals surface area contributed by atoms with E-state index >= 15 is 0 Å². The van der Waals surface area contributed by atoms with Gasteiger partial charge in [0.2, 0.25) is 0 Å². The zero-order valence-electron chi connectivity index (χ0n) is 9.92. The molecule has 1 rings (SSSR count). The topological polar surface area (TPSA) is 84.2 Å². The number of hydrogen-bond acceptors (Lipinski definition) is 3. The molecule has 102 valence electrons. The third kappa shape index (κ3) is 4.77. The monoisotopic (exact) mass is 363 g/mol. The number of halogens is 2. The maximum Gasteiger partial charge on any atom is 0.313 e. The van der Waals surface area contributed by atoms with E-state index in [9.17, 15) is 9.59 Å². The Morgan fingerprint density at radius 1 is 1.42 bits per heavy atom. The number of benzene rings is 1. The van der Waals surface area contributed by atoms with Crippen molar-refractivity contribution in [2.24, 2.45) is 5.73 Å². The zero-order chi connectivity index (χ0) is 14.6. The van der Waals surface area contributed by atoms with Crippen LogP contribution in [-0.4, -0.2) is 23.3 Å². The van der Waals surface area contributed by atoms with Crippen molar-refractivity contribution in [3.63, 3.8) is 0 Å². The first-order valence-corrected chi connectivity index (χ1v) is 6.72. The summed E-state index contributed by atoms with van der Waals surface area (Å²) >= 11 is 13.8. The van der Waals surface area contributed by atoms with E-state index in [1.807, 2.05) is 6.92 Å². The molecule has 0 bridgehead atoms. The van der Waals surface area contributed by atoms with Crippen LogP contribution in [0.15, 0.2) is 16.6 Å². The van der Waals surface area contributed by atoms with Crippen LogP contribution < -0.4 is 16.4 Å². The van der Waals surface area contributed by atoms with Gasteiger partial charge in [0.15, 0.2) is 0 Å². The van der Waals surface area contributed by atoms with Gasteiger partial charge in [-0.15, -0.1) is 0 Å². The number of anilines is 1. The fraction of sp³-hybridized carbons (Fsp3) is 0.182. The first kappa shape index (κ1) is 15.9. The molecule has 1 aromatic carbocycles. The highest BCUT2D eigenvalue weighted by Gasteiger charge is 2.15. The molecule has 0 spiro atoms. The SMILES string of the molecule is Cc1cc(Br)c(NC(=O)C(=O)NCC(N)=S)cc1Cl. The Bertz CT molecular complexity index is 551. The van der Waals surface area contributed by atoms with Crippen molar-refractivity contribution < 1.29 is 9.59 Å². The minimum Gasteiger partial charge on any atom is -0.392 e. The number of amides is 2. The Labute approximate surface area is 129 Å². The Hall–Kier alpha value is -1.18. The smallest absolute Gasteiger partial charge is 0.313 e. The van der Waals surface area contributed by atoms with Crippen LogP contribution in [0.2, 0.25) is 5.02 Å². The molecule has 8 heteroatoms. The molecule has 0 heterocycles. The van der Waals surface area contributed by atoms with Gasteiger partial charge in [-0.25, -0.2) is 0 Å². The molecular formula is C11H11BrClN3O2S. The van der Waals surface area contributed by atoms with Crippen molar-refractivity contribution in [3.05, 3.63) is 27.2 Å². The number of rotatable bonds is 3. The van der Waals surface area contributed by atoms with Gasteiger partial charge in [-0.05, 0) is 40.5 Å². The maximum absolute atomic E-state index is 11.6. The maximum atomic E-state index is 11.6. The molecule has 0 unspecified atom stereocenters. The molecule has 19 heavy (non-hydrogen) atoms. The third-order valence-corrected chi connectivity index (χ3v) is 3.33. The van der Waals surface area contributed by atoms with Gasteiger partial charge >= 0.3 is 11.8 Å². The van der Waals surface area contributed by atoms with Crippen LogP contribution in [0.4, 0.5) is 5.69 Å². The number of carbonyl (C=O) groups is 2. The van der Waals surface area contributed by atoms with Gasteiger partial charge in [0.05, 0.1) is 17.2 Å². The normalized spacial score (nSPS) is 9.84. The van der Waals surface area contributed by atoms with E-state index in [0.717, 1.165) is 5.56 Å². The molecule has 0 aliphatic heterocycles. The molecule has 0 aromatic heterocycles. The summed E-state index contributed by atoms with van der Waals surface area (Å²) in [5.74, 6) is -1.65. The van der Waals surface area contributed by atoms with Gasteiger partial charge in [-0.1, -0.05) is 23.8 Å². The largest absolute Gasteiger partial charge is 0.392 e. The summed E-state index contributed by atoms with van der Waals surface area (Å²) in [7, 11) is 0. The zero-order valence-corrected chi connectivity index (χ0v) is 13.1. The van der Waals surface area contributed by atoms with Crippen LogP contribution in [0.3, 0.4) is 0 Å². The summed E-state index contributed by atoms with van der Waals surface area (Å²) in [4.78, 5) is 23.1. The summed E-state index contributed by atoms with van der Waals surface area (Å²) in [5.41, 5.74) is 6.47. The first-order chi connectivity index (χ1) is 8.81. The van der Waals surface area contributed by atoms with Crippen LogP contribution in [0.25, 0.3) is 0 Å². The van der Waals surface area contributed by atoms with Gasteiger partial charge in [0.25, 0.3) is 0 Å². The Kier molecular flexibility index (Phi) is 5.71. The highest BCUT2D eigenvalue weighted by atomic mass is 79.9. The second-order valence-corrected chi connectivity index (χ2v) is 5.47. The summed E-state index contributed by atoms with van der Waals surface area (Å²) in [6, 6.07) is 3.30. The van der Waals surface area contributed by atoms with E-state index < -0.39 is 11.8 Å². The fourth-order valence-corrected chi connectivity index (χ4v) is 1.96. The van der Waals surface area contributed by atoms with Crippen molar-refractivity contribution in [2.45, 2.75) is 6.92 Å². The van der Waals surface area contributed by atoms with Crippen molar-refractivity contribution in [1.82, 2.24) is 5.32 Å². The van der Waals surface area contributed by atoms with Crippen LogP contribution >= 0.6 is 39.7 Å². The van der Waals surface area contributed by atoms with Gasteiger partial charge in [-0.2, -0.15) is 0 Å². The Morgan fingerprint density at radius 2 is 2.05 bits per heavy atom. The van der Waals surface area contributed by atoms with Gasteiger partial charge in [-0.3, -0.25) is 9.59 Å². The third-order valence-electron chi connectivity index (χ3n) is 2.13. The summed E-state index contributed by atoms with van der Waals surface area (Å²) in [6.07, 6.45) is 0. The molecule has 0 atom stereocenters. The number of hydrogen-bond donors (Lipinski definition) is 3. The van der Waals surface area contributed by atoms with Crippen LogP contribution in [-0.2, 0) is 9.59 Å². The highest BCUT2D eigenvalue weighted by Crippen LogP contribution is 2.29. The van der Waals surface area contributed by atoms with Gasteiger partial charge in [0.1, 0.15) is 0 Å². The molecular weight excluding hydrogens is 354 g/mol. The van der Waals surface area contributed by atoms with Gasteiger partial charge < -0.3 is 16.4 Å². The molecule has 2 amide bonds. The number of nitrogens with one attached hydrogen (secondary N) is 2. The summed E-state index contributed by atoms with van der Waals surface area (Å²) in [6.45, 7) is 1.80. The molecule has 0 aliphatic carbocycles. The fourth-order valence-electron chi connectivity index (χ4n) is 1.17. The Morgan fingerprint density at radius 3 is 2.63 bits per heavy atom. The number of thiocarbonyl (C=S) groups is 1. The lowest BCUT2D eigenvalue weighted by atomic mass is 10.2. The average Bonchev–Trinajstić information content (AvgIpc) is 2.32. The lowest BCUT2D eigenvalue weighted by molar-refractivity contribution is -0.135. The van der Waals surface area contributed by atoms with Crippen molar-refractivity contribution >= 4 is 62.2 Å². The quantitative estimate of drug-likeness (QED) is 0.563. The predicted molar refractivity (Wildman–Crippen MR) is 82.3 cm³/mol. The van der Waals surface area contributed by atoms with Crippen molar-refractivity contribution in [2.75, 3.05) is 11.9 Å². The first-order valence-electron chi connectivity index (χ1n) is 5.14. The number of aryl methyl sites for hydroxylation is 1. The van der Waals surface area contributed by atoms with E-state index in [4.69, 9.17) is 17.3 Å².